The van der Waals surface area contributed by atoms with Crippen LogP contribution < -0.4 is 10.6 Å². The molecular weight excluding hydrogens is 304 g/mol. The molecule has 0 bridgehead atoms. The zero-order valence-electron chi connectivity index (χ0n) is 10.6. The van der Waals surface area contributed by atoms with Crippen molar-refractivity contribution in [1.82, 2.24) is 15.0 Å². The highest BCUT2D eigenvalue weighted by atomic mass is 35.5. The van der Waals surface area contributed by atoms with E-state index in [0.717, 1.165) is 6.42 Å². The second-order valence-electron chi connectivity index (χ2n) is 3.93. The van der Waals surface area contributed by atoms with Gasteiger partial charge in [-0.3, -0.25) is 0 Å². The molecule has 0 saturated heterocycles. The fourth-order valence-electron chi connectivity index (χ4n) is 1.44. The first-order valence-electron chi connectivity index (χ1n) is 5.96. The summed E-state index contributed by atoms with van der Waals surface area (Å²) in [6.45, 7) is 2.72. The molecule has 20 heavy (non-hydrogen) atoms. The molecule has 0 amide bonds. The van der Waals surface area contributed by atoms with Gasteiger partial charge in [0.05, 0.1) is 10.7 Å². The molecule has 1 heterocycles. The Morgan fingerprint density at radius 3 is 2.65 bits per heavy atom. The van der Waals surface area contributed by atoms with E-state index >= 15 is 0 Å². The van der Waals surface area contributed by atoms with Gasteiger partial charge in [0.1, 0.15) is 5.82 Å². The summed E-state index contributed by atoms with van der Waals surface area (Å²) in [4.78, 5) is 12.0. The predicted molar refractivity (Wildman–Crippen MR) is 78.3 cm³/mol. The molecule has 0 fully saturated rings. The lowest BCUT2D eigenvalue weighted by atomic mass is 10.3. The molecule has 8 heteroatoms. The fraction of sp³-hybridized carbons (Fsp3) is 0.250. The summed E-state index contributed by atoms with van der Waals surface area (Å²) < 4.78 is 13.2. The molecule has 0 aliphatic heterocycles. The normalized spacial score (nSPS) is 10.4. The van der Waals surface area contributed by atoms with E-state index < -0.39 is 5.82 Å². The Morgan fingerprint density at radius 2 is 1.90 bits per heavy atom. The Hall–Kier alpha value is -1.66. The van der Waals surface area contributed by atoms with E-state index in [4.69, 9.17) is 23.2 Å². The third kappa shape index (κ3) is 3.91. The summed E-state index contributed by atoms with van der Waals surface area (Å²) in [6, 6.07) is 3.96. The van der Waals surface area contributed by atoms with Crippen molar-refractivity contribution in [1.29, 1.82) is 0 Å². The van der Waals surface area contributed by atoms with E-state index in [1.165, 1.54) is 18.2 Å². The van der Waals surface area contributed by atoms with E-state index in [0.29, 0.717) is 23.2 Å². The Kier molecular flexibility index (Phi) is 4.92. The zero-order chi connectivity index (χ0) is 14.5. The van der Waals surface area contributed by atoms with E-state index in [1.54, 1.807) is 0 Å². The first kappa shape index (κ1) is 14.7. The standard InChI is InChI=1S/C12H12Cl2FN5/c1-2-5-16-11-18-10(14)19-12(20-11)17-9-6-7(15)3-4-8(9)13/h3-4,6H,2,5H2,1H3,(H2,16,17,18,19,20). The van der Waals surface area contributed by atoms with Gasteiger partial charge in [-0.05, 0) is 36.2 Å². The number of aromatic nitrogens is 3. The predicted octanol–water partition coefficient (Wildman–Crippen LogP) is 3.88. The van der Waals surface area contributed by atoms with Gasteiger partial charge in [0.25, 0.3) is 0 Å². The molecule has 0 saturated carbocycles. The van der Waals surface area contributed by atoms with Crippen LogP contribution >= 0.6 is 23.2 Å². The van der Waals surface area contributed by atoms with Crippen LogP contribution in [-0.4, -0.2) is 21.5 Å². The number of anilines is 3. The topological polar surface area (TPSA) is 62.7 Å². The lowest BCUT2D eigenvalue weighted by molar-refractivity contribution is 0.628. The van der Waals surface area contributed by atoms with E-state index in [-0.39, 0.29) is 11.2 Å². The number of hydrogen-bond acceptors (Lipinski definition) is 5. The maximum absolute atomic E-state index is 13.2. The smallest absolute Gasteiger partial charge is 0.233 e. The first-order valence-corrected chi connectivity index (χ1v) is 6.71. The highest BCUT2D eigenvalue weighted by molar-refractivity contribution is 6.33. The van der Waals surface area contributed by atoms with Gasteiger partial charge in [-0.25, -0.2) is 4.39 Å². The molecule has 2 aromatic rings. The van der Waals surface area contributed by atoms with Gasteiger partial charge >= 0.3 is 0 Å². The van der Waals surface area contributed by atoms with Crippen LogP contribution in [0.15, 0.2) is 18.2 Å². The third-order valence-electron chi connectivity index (χ3n) is 2.32. The number of halogens is 3. The molecule has 0 aliphatic carbocycles. The monoisotopic (exact) mass is 315 g/mol. The van der Waals surface area contributed by atoms with Gasteiger partial charge in [0.15, 0.2) is 0 Å². The largest absolute Gasteiger partial charge is 0.354 e. The highest BCUT2D eigenvalue weighted by Gasteiger charge is 2.08. The summed E-state index contributed by atoms with van der Waals surface area (Å²) in [7, 11) is 0. The van der Waals surface area contributed by atoms with Crippen LogP contribution in [0.3, 0.4) is 0 Å². The van der Waals surface area contributed by atoms with Crippen molar-refractivity contribution in [2.24, 2.45) is 0 Å². The number of benzene rings is 1. The van der Waals surface area contributed by atoms with Gasteiger partial charge in [-0.15, -0.1) is 0 Å². The number of rotatable bonds is 5. The Labute approximate surface area is 125 Å². The van der Waals surface area contributed by atoms with Gasteiger partial charge in [0, 0.05) is 6.54 Å². The van der Waals surface area contributed by atoms with Crippen LogP contribution in [0.5, 0.6) is 0 Å². The minimum absolute atomic E-state index is 0.0358. The fourth-order valence-corrected chi connectivity index (χ4v) is 1.76. The van der Waals surface area contributed by atoms with Crippen molar-refractivity contribution >= 4 is 40.8 Å². The van der Waals surface area contributed by atoms with Gasteiger partial charge in [0.2, 0.25) is 17.2 Å². The lowest BCUT2D eigenvalue weighted by Gasteiger charge is -2.09. The molecule has 1 aromatic carbocycles. The van der Waals surface area contributed by atoms with E-state index in [9.17, 15) is 4.39 Å². The van der Waals surface area contributed by atoms with Crippen molar-refractivity contribution in [3.05, 3.63) is 34.3 Å². The van der Waals surface area contributed by atoms with Gasteiger partial charge in [-0.1, -0.05) is 18.5 Å². The Bertz CT molecular complexity index is 608. The first-order chi connectivity index (χ1) is 9.58. The highest BCUT2D eigenvalue weighted by Crippen LogP contribution is 2.25. The van der Waals surface area contributed by atoms with Crippen molar-refractivity contribution in [2.75, 3.05) is 17.2 Å². The summed E-state index contributed by atoms with van der Waals surface area (Å²) in [5, 5.41) is 6.19. The lowest BCUT2D eigenvalue weighted by Crippen LogP contribution is -2.08. The van der Waals surface area contributed by atoms with Crippen LogP contribution in [0.2, 0.25) is 10.3 Å². The average Bonchev–Trinajstić information content (AvgIpc) is 2.40. The van der Waals surface area contributed by atoms with Crippen molar-refractivity contribution < 1.29 is 4.39 Å². The molecule has 2 rings (SSSR count). The second-order valence-corrected chi connectivity index (χ2v) is 4.67. The Balaban J connectivity index is 2.24. The molecule has 5 nitrogen and oxygen atoms in total. The summed E-state index contributed by atoms with van der Waals surface area (Å²) in [5.74, 6) is 0.124. The van der Waals surface area contributed by atoms with Crippen LogP contribution in [0.4, 0.5) is 22.0 Å². The van der Waals surface area contributed by atoms with E-state index in [2.05, 4.69) is 25.6 Å². The molecule has 0 spiro atoms. The number of nitrogens with zero attached hydrogens (tertiary/aromatic N) is 3. The maximum Gasteiger partial charge on any atom is 0.233 e. The van der Waals surface area contributed by atoms with Crippen molar-refractivity contribution in [3.8, 4) is 0 Å². The molecule has 106 valence electrons. The molecule has 0 unspecified atom stereocenters. The maximum atomic E-state index is 13.2. The summed E-state index contributed by atoms with van der Waals surface area (Å²) in [5.41, 5.74) is 0.357. The quantitative estimate of drug-likeness (QED) is 0.876. The molecule has 0 atom stereocenters. The molecule has 1 aromatic heterocycles. The average molecular weight is 316 g/mol. The third-order valence-corrected chi connectivity index (χ3v) is 2.81. The minimum Gasteiger partial charge on any atom is -0.354 e. The minimum atomic E-state index is -0.415. The molecule has 0 aliphatic rings. The van der Waals surface area contributed by atoms with E-state index in [1.807, 2.05) is 6.92 Å². The van der Waals surface area contributed by atoms with Crippen LogP contribution in [-0.2, 0) is 0 Å². The van der Waals surface area contributed by atoms with Crippen molar-refractivity contribution in [3.63, 3.8) is 0 Å². The van der Waals surface area contributed by atoms with Crippen LogP contribution in [0.25, 0.3) is 0 Å². The SMILES string of the molecule is CCCNc1nc(Cl)nc(Nc2cc(F)ccc2Cl)n1. The summed E-state index contributed by atoms with van der Waals surface area (Å²) >= 11 is 11.8. The van der Waals surface area contributed by atoms with Crippen LogP contribution in [0.1, 0.15) is 13.3 Å². The summed E-state index contributed by atoms with van der Waals surface area (Å²) in [6.07, 6.45) is 0.918. The second kappa shape index (κ2) is 6.67. The van der Waals surface area contributed by atoms with Crippen LogP contribution in [0, 0.1) is 5.82 Å². The molecular formula is C12H12Cl2FN5. The van der Waals surface area contributed by atoms with Crippen molar-refractivity contribution in [2.45, 2.75) is 13.3 Å². The Morgan fingerprint density at radius 1 is 1.15 bits per heavy atom. The molecule has 2 N–H and O–H groups in total. The number of nitrogens with one attached hydrogen (secondary N) is 2. The number of hydrogen-bond donors (Lipinski definition) is 2. The molecule has 0 radical (unpaired) electrons. The van der Waals surface area contributed by atoms with Gasteiger partial charge < -0.3 is 10.6 Å². The van der Waals surface area contributed by atoms with Gasteiger partial charge in [-0.2, -0.15) is 15.0 Å². The zero-order valence-corrected chi connectivity index (χ0v) is 12.1.